The van der Waals surface area contributed by atoms with Crippen LogP contribution in [0.15, 0.2) is 47.9 Å². The third kappa shape index (κ3) is 4.30. The SMILES string of the molecule is C1=Cc2ccc(OCCCCN3CCN(c4cccc5sccc45)CC3)nc2NC1. The molecule has 1 saturated heterocycles. The Balaban J connectivity index is 1.03. The molecule has 0 bridgehead atoms. The van der Waals surface area contributed by atoms with Crippen molar-refractivity contribution in [3.8, 4) is 5.88 Å². The van der Waals surface area contributed by atoms with E-state index in [1.807, 2.05) is 17.4 Å². The number of benzene rings is 1. The minimum atomic E-state index is 0.716. The number of nitrogens with one attached hydrogen (secondary N) is 1. The molecule has 2 aliphatic heterocycles. The van der Waals surface area contributed by atoms with Gasteiger partial charge in [0, 0.05) is 60.1 Å². The molecule has 1 aromatic carbocycles. The van der Waals surface area contributed by atoms with Gasteiger partial charge in [0.15, 0.2) is 0 Å². The number of rotatable bonds is 7. The number of hydrogen-bond donors (Lipinski definition) is 1. The van der Waals surface area contributed by atoms with Gasteiger partial charge in [0.05, 0.1) is 6.61 Å². The molecule has 30 heavy (non-hydrogen) atoms. The molecule has 0 aliphatic carbocycles. The second-order valence-electron chi connectivity index (χ2n) is 7.86. The Labute approximate surface area is 182 Å². The quantitative estimate of drug-likeness (QED) is 0.560. The summed E-state index contributed by atoms with van der Waals surface area (Å²) in [5.74, 6) is 1.64. The Hall–Kier alpha value is -2.57. The summed E-state index contributed by atoms with van der Waals surface area (Å²) in [6.45, 7) is 7.17. The summed E-state index contributed by atoms with van der Waals surface area (Å²) in [7, 11) is 0. The van der Waals surface area contributed by atoms with Crippen molar-refractivity contribution in [2.24, 2.45) is 0 Å². The minimum Gasteiger partial charge on any atom is -0.478 e. The number of unbranched alkanes of at least 4 members (excludes halogenated alkanes) is 1. The van der Waals surface area contributed by atoms with E-state index in [2.05, 4.69) is 68.0 Å². The Morgan fingerprint density at radius 3 is 2.90 bits per heavy atom. The Morgan fingerprint density at radius 2 is 1.97 bits per heavy atom. The first-order valence-corrected chi connectivity index (χ1v) is 11.7. The van der Waals surface area contributed by atoms with Crippen LogP contribution in [0.4, 0.5) is 11.5 Å². The molecule has 0 spiro atoms. The van der Waals surface area contributed by atoms with E-state index in [-0.39, 0.29) is 0 Å². The number of fused-ring (bicyclic) bond motifs is 2. The molecule has 0 radical (unpaired) electrons. The molecular weight excluding hydrogens is 392 g/mol. The number of thiophene rings is 1. The van der Waals surface area contributed by atoms with Crippen LogP contribution in [-0.2, 0) is 0 Å². The standard InChI is InChI=1S/C24H28N4OS/c1(2-17-29-23-9-8-19-5-4-11-25-24(19)26-23)12-27-13-15-28(16-14-27)21-6-3-7-22-20(21)10-18-30-22/h3-10,18H,1-2,11-17H2,(H,25,26). The van der Waals surface area contributed by atoms with Crippen LogP contribution in [-0.4, -0.2) is 55.8 Å². The van der Waals surface area contributed by atoms with Crippen LogP contribution in [0.1, 0.15) is 18.4 Å². The number of nitrogens with zero attached hydrogens (tertiary/aromatic N) is 3. The van der Waals surface area contributed by atoms with Crippen molar-refractivity contribution in [3.05, 3.63) is 53.4 Å². The molecular formula is C24H28N4OS. The fraction of sp³-hybridized carbons (Fsp3) is 0.375. The maximum absolute atomic E-state index is 5.87. The zero-order valence-electron chi connectivity index (χ0n) is 17.2. The van der Waals surface area contributed by atoms with E-state index in [1.165, 1.54) is 15.8 Å². The van der Waals surface area contributed by atoms with Crippen LogP contribution in [0.25, 0.3) is 16.2 Å². The highest BCUT2D eigenvalue weighted by Gasteiger charge is 2.18. The van der Waals surface area contributed by atoms with E-state index >= 15 is 0 Å². The van der Waals surface area contributed by atoms with Gasteiger partial charge in [-0.05, 0) is 49.0 Å². The highest BCUT2D eigenvalue weighted by atomic mass is 32.1. The normalized spacial score (nSPS) is 16.5. The van der Waals surface area contributed by atoms with Crippen LogP contribution in [0.2, 0.25) is 0 Å². The molecule has 5 rings (SSSR count). The summed E-state index contributed by atoms with van der Waals surface area (Å²) in [6.07, 6.45) is 6.42. The van der Waals surface area contributed by atoms with Crippen LogP contribution >= 0.6 is 11.3 Å². The van der Waals surface area contributed by atoms with E-state index in [1.54, 1.807) is 0 Å². The highest BCUT2D eigenvalue weighted by Crippen LogP contribution is 2.31. The van der Waals surface area contributed by atoms with Gasteiger partial charge in [-0.2, -0.15) is 4.98 Å². The molecule has 5 nitrogen and oxygen atoms in total. The zero-order valence-corrected chi connectivity index (χ0v) is 18.0. The fourth-order valence-corrected chi connectivity index (χ4v) is 5.04. The monoisotopic (exact) mass is 420 g/mol. The first kappa shape index (κ1) is 19.4. The van der Waals surface area contributed by atoms with E-state index in [9.17, 15) is 0 Å². The lowest BCUT2D eigenvalue weighted by molar-refractivity contribution is 0.237. The summed E-state index contributed by atoms with van der Waals surface area (Å²) >= 11 is 1.83. The summed E-state index contributed by atoms with van der Waals surface area (Å²) < 4.78 is 7.25. The van der Waals surface area contributed by atoms with E-state index in [0.29, 0.717) is 5.88 Å². The van der Waals surface area contributed by atoms with Crippen molar-refractivity contribution < 1.29 is 4.74 Å². The molecule has 6 heteroatoms. The van der Waals surface area contributed by atoms with Gasteiger partial charge >= 0.3 is 0 Å². The Kier molecular flexibility index (Phi) is 5.86. The lowest BCUT2D eigenvalue weighted by Crippen LogP contribution is -2.46. The number of piperazine rings is 1. The largest absolute Gasteiger partial charge is 0.478 e. The highest BCUT2D eigenvalue weighted by molar-refractivity contribution is 7.17. The van der Waals surface area contributed by atoms with Gasteiger partial charge in [-0.3, -0.25) is 4.90 Å². The molecule has 3 aromatic rings. The molecule has 0 saturated carbocycles. The van der Waals surface area contributed by atoms with Gasteiger partial charge in [0.1, 0.15) is 5.82 Å². The lowest BCUT2D eigenvalue weighted by Gasteiger charge is -2.36. The predicted octanol–water partition coefficient (Wildman–Crippen LogP) is 4.72. The third-order valence-corrected chi connectivity index (χ3v) is 6.77. The maximum Gasteiger partial charge on any atom is 0.215 e. The number of ether oxygens (including phenoxy) is 1. The number of aromatic nitrogens is 1. The van der Waals surface area contributed by atoms with Crippen molar-refractivity contribution >= 4 is 39.0 Å². The van der Waals surface area contributed by atoms with Crippen LogP contribution < -0.4 is 15.0 Å². The van der Waals surface area contributed by atoms with Gasteiger partial charge in [-0.25, -0.2) is 0 Å². The summed E-state index contributed by atoms with van der Waals surface area (Å²) in [6, 6.07) is 13.0. The summed E-state index contributed by atoms with van der Waals surface area (Å²) in [5.41, 5.74) is 2.52. The smallest absolute Gasteiger partial charge is 0.215 e. The molecule has 2 aliphatic rings. The van der Waals surface area contributed by atoms with Gasteiger partial charge in [-0.15, -0.1) is 11.3 Å². The first-order chi connectivity index (χ1) is 14.9. The van der Waals surface area contributed by atoms with Crippen molar-refractivity contribution in [1.29, 1.82) is 0 Å². The van der Waals surface area contributed by atoms with Gasteiger partial charge < -0.3 is 15.0 Å². The average Bonchev–Trinajstić information content (AvgIpc) is 3.28. The molecule has 2 aromatic heterocycles. The average molecular weight is 421 g/mol. The predicted molar refractivity (Wildman–Crippen MR) is 127 cm³/mol. The Bertz CT molecular complexity index is 1020. The third-order valence-electron chi connectivity index (χ3n) is 5.89. The van der Waals surface area contributed by atoms with Crippen molar-refractivity contribution in [3.63, 3.8) is 0 Å². The second kappa shape index (κ2) is 9.06. The number of anilines is 2. The fourth-order valence-electron chi connectivity index (χ4n) is 4.23. The van der Waals surface area contributed by atoms with Crippen LogP contribution in [0, 0.1) is 0 Å². The van der Waals surface area contributed by atoms with E-state index in [4.69, 9.17) is 4.74 Å². The number of hydrogen-bond acceptors (Lipinski definition) is 6. The van der Waals surface area contributed by atoms with E-state index in [0.717, 1.165) is 70.1 Å². The summed E-state index contributed by atoms with van der Waals surface area (Å²) in [5, 5.41) is 6.88. The van der Waals surface area contributed by atoms with Gasteiger partial charge in [0.2, 0.25) is 5.88 Å². The molecule has 0 unspecified atom stereocenters. The number of pyridine rings is 1. The van der Waals surface area contributed by atoms with E-state index < -0.39 is 0 Å². The molecule has 156 valence electrons. The van der Waals surface area contributed by atoms with Gasteiger partial charge in [0.25, 0.3) is 0 Å². The van der Waals surface area contributed by atoms with Crippen LogP contribution in [0.3, 0.4) is 0 Å². The van der Waals surface area contributed by atoms with Crippen molar-refractivity contribution in [2.75, 3.05) is 56.1 Å². The Morgan fingerprint density at radius 1 is 1.03 bits per heavy atom. The topological polar surface area (TPSA) is 40.6 Å². The first-order valence-electron chi connectivity index (χ1n) is 10.8. The van der Waals surface area contributed by atoms with Gasteiger partial charge in [-0.1, -0.05) is 18.2 Å². The summed E-state index contributed by atoms with van der Waals surface area (Å²) in [4.78, 5) is 9.68. The molecule has 1 fully saturated rings. The zero-order chi connectivity index (χ0) is 20.2. The molecule has 0 amide bonds. The second-order valence-corrected chi connectivity index (χ2v) is 8.81. The van der Waals surface area contributed by atoms with Crippen molar-refractivity contribution in [2.45, 2.75) is 12.8 Å². The lowest BCUT2D eigenvalue weighted by atomic mass is 10.2. The molecule has 0 atom stereocenters. The minimum absolute atomic E-state index is 0.716. The van der Waals surface area contributed by atoms with Crippen LogP contribution in [0.5, 0.6) is 5.88 Å². The van der Waals surface area contributed by atoms with Crippen molar-refractivity contribution in [1.82, 2.24) is 9.88 Å². The molecule has 1 N–H and O–H groups in total. The maximum atomic E-state index is 5.87. The molecule has 4 heterocycles.